The Morgan fingerprint density at radius 3 is 3.00 bits per heavy atom. The van der Waals surface area contributed by atoms with Gasteiger partial charge in [0.2, 0.25) is 5.91 Å². The van der Waals surface area contributed by atoms with Gasteiger partial charge in [-0.05, 0) is 46.3 Å². The van der Waals surface area contributed by atoms with Crippen LogP contribution in [0, 0.1) is 5.92 Å². The van der Waals surface area contributed by atoms with Crippen LogP contribution in [-0.2, 0) is 11.3 Å². The summed E-state index contributed by atoms with van der Waals surface area (Å²) in [5.41, 5.74) is 5.49. The molecule has 0 fully saturated rings. The Labute approximate surface area is 109 Å². The Hall–Kier alpha value is -0.390. The summed E-state index contributed by atoms with van der Waals surface area (Å²) in [5, 5.41) is 4.91. The van der Waals surface area contributed by atoms with Gasteiger partial charge in [0.25, 0.3) is 0 Å². The molecule has 90 valence electrons. The quantitative estimate of drug-likeness (QED) is 0.848. The first-order valence-corrected chi connectivity index (χ1v) is 6.99. The van der Waals surface area contributed by atoms with Crippen molar-refractivity contribution < 1.29 is 4.79 Å². The van der Waals surface area contributed by atoms with E-state index in [1.165, 1.54) is 0 Å². The van der Waals surface area contributed by atoms with Gasteiger partial charge >= 0.3 is 0 Å². The van der Waals surface area contributed by atoms with E-state index in [-0.39, 0.29) is 5.91 Å². The average Bonchev–Trinajstić information content (AvgIpc) is 2.69. The van der Waals surface area contributed by atoms with E-state index in [1.54, 1.807) is 11.3 Å². The van der Waals surface area contributed by atoms with Crippen LogP contribution in [-0.4, -0.2) is 12.5 Å². The number of carbonyl (C=O) groups excluding carboxylic acids is 1. The van der Waals surface area contributed by atoms with E-state index in [9.17, 15) is 4.79 Å². The van der Waals surface area contributed by atoms with Gasteiger partial charge in [-0.25, -0.2) is 0 Å². The third kappa shape index (κ3) is 4.63. The van der Waals surface area contributed by atoms with Crippen molar-refractivity contribution in [2.45, 2.75) is 26.3 Å². The molecule has 0 radical (unpaired) electrons. The smallest absolute Gasteiger partial charge is 0.220 e. The predicted molar refractivity (Wildman–Crippen MR) is 71.3 cm³/mol. The molecule has 1 rings (SSSR count). The highest BCUT2D eigenvalue weighted by Crippen LogP contribution is 2.22. The summed E-state index contributed by atoms with van der Waals surface area (Å²) in [4.78, 5) is 12.7. The van der Waals surface area contributed by atoms with Gasteiger partial charge in [-0.1, -0.05) is 6.92 Å². The number of amides is 1. The average molecular weight is 305 g/mol. The van der Waals surface area contributed by atoms with Crippen molar-refractivity contribution in [1.29, 1.82) is 0 Å². The molecule has 0 spiro atoms. The molecular weight excluding hydrogens is 288 g/mol. The molecule has 1 aromatic heterocycles. The summed E-state index contributed by atoms with van der Waals surface area (Å²) in [6, 6.07) is 1.99. The number of nitrogens with one attached hydrogen (secondary N) is 1. The van der Waals surface area contributed by atoms with Crippen molar-refractivity contribution >= 4 is 33.2 Å². The lowest BCUT2D eigenvalue weighted by Gasteiger charge is -2.08. The summed E-state index contributed by atoms with van der Waals surface area (Å²) < 4.78 is 1.06. The molecule has 1 atom stereocenters. The van der Waals surface area contributed by atoms with Crippen LogP contribution in [0.5, 0.6) is 0 Å². The second kappa shape index (κ2) is 7.04. The molecule has 16 heavy (non-hydrogen) atoms. The predicted octanol–water partition coefficient (Wildman–Crippen LogP) is 2.50. The third-order valence-electron chi connectivity index (χ3n) is 2.40. The van der Waals surface area contributed by atoms with Crippen LogP contribution in [0.4, 0.5) is 0 Å². The standard InChI is InChI=1S/C11H17BrN2OS/c1-8(6-13)2-3-11(15)14-7-10-9(12)4-5-16-10/h4-5,8H,2-3,6-7,13H2,1H3,(H,14,15). The minimum Gasteiger partial charge on any atom is -0.351 e. The van der Waals surface area contributed by atoms with Crippen molar-refractivity contribution in [1.82, 2.24) is 5.32 Å². The van der Waals surface area contributed by atoms with Gasteiger partial charge < -0.3 is 11.1 Å². The van der Waals surface area contributed by atoms with Crippen LogP contribution in [0.1, 0.15) is 24.6 Å². The van der Waals surface area contributed by atoms with Crippen LogP contribution in [0.3, 0.4) is 0 Å². The molecule has 0 saturated heterocycles. The molecule has 0 bridgehead atoms. The van der Waals surface area contributed by atoms with Gasteiger partial charge in [0.05, 0.1) is 6.54 Å². The molecule has 0 aliphatic carbocycles. The SMILES string of the molecule is CC(CN)CCC(=O)NCc1sccc1Br. The summed E-state index contributed by atoms with van der Waals surface area (Å²) in [6.45, 7) is 3.31. The Morgan fingerprint density at radius 2 is 2.44 bits per heavy atom. The maximum absolute atomic E-state index is 11.5. The number of thiophene rings is 1. The van der Waals surface area contributed by atoms with Gasteiger partial charge in [0.15, 0.2) is 0 Å². The Balaban J connectivity index is 2.23. The van der Waals surface area contributed by atoms with E-state index in [1.807, 2.05) is 11.4 Å². The molecule has 3 nitrogen and oxygen atoms in total. The number of hydrogen-bond donors (Lipinski definition) is 2. The van der Waals surface area contributed by atoms with Crippen LogP contribution >= 0.6 is 27.3 Å². The molecule has 0 aliphatic rings. The summed E-state index contributed by atoms with van der Waals surface area (Å²) in [6.07, 6.45) is 1.41. The van der Waals surface area contributed by atoms with Crippen LogP contribution < -0.4 is 11.1 Å². The minimum atomic E-state index is 0.0978. The van der Waals surface area contributed by atoms with Crippen LogP contribution in [0.2, 0.25) is 0 Å². The van der Waals surface area contributed by atoms with E-state index in [0.717, 1.165) is 15.8 Å². The molecule has 5 heteroatoms. The molecule has 3 N–H and O–H groups in total. The lowest BCUT2D eigenvalue weighted by molar-refractivity contribution is -0.121. The second-order valence-corrected chi connectivity index (χ2v) is 5.70. The fourth-order valence-electron chi connectivity index (χ4n) is 1.21. The van der Waals surface area contributed by atoms with Gasteiger partial charge in [-0.15, -0.1) is 11.3 Å². The highest BCUT2D eigenvalue weighted by atomic mass is 79.9. The normalized spacial score (nSPS) is 12.4. The molecule has 0 aromatic carbocycles. The topological polar surface area (TPSA) is 55.1 Å². The first kappa shape index (κ1) is 13.7. The van der Waals surface area contributed by atoms with Gasteiger partial charge in [-0.3, -0.25) is 4.79 Å². The van der Waals surface area contributed by atoms with Crippen LogP contribution in [0.15, 0.2) is 15.9 Å². The molecular formula is C11H17BrN2OS. The van der Waals surface area contributed by atoms with E-state index >= 15 is 0 Å². The number of halogens is 1. The number of hydrogen-bond acceptors (Lipinski definition) is 3. The summed E-state index contributed by atoms with van der Waals surface area (Å²) in [7, 11) is 0. The highest BCUT2D eigenvalue weighted by molar-refractivity contribution is 9.10. The molecule has 1 unspecified atom stereocenters. The van der Waals surface area contributed by atoms with Crippen molar-refractivity contribution in [2.75, 3.05) is 6.54 Å². The minimum absolute atomic E-state index is 0.0978. The molecule has 1 aromatic rings. The zero-order valence-corrected chi connectivity index (χ0v) is 11.7. The number of carbonyl (C=O) groups is 1. The lowest BCUT2D eigenvalue weighted by atomic mass is 10.1. The Bertz CT molecular complexity index is 340. The van der Waals surface area contributed by atoms with Crippen molar-refractivity contribution in [3.63, 3.8) is 0 Å². The van der Waals surface area contributed by atoms with Crippen LogP contribution in [0.25, 0.3) is 0 Å². The number of nitrogens with two attached hydrogens (primary N) is 1. The summed E-state index contributed by atoms with van der Waals surface area (Å²) >= 11 is 5.07. The van der Waals surface area contributed by atoms with Gasteiger partial charge in [0, 0.05) is 15.8 Å². The van der Waals surface area contributed by atoms with Crippen molar-refractivity contribution in [3.8, 4) is 0 Å². The fourth-order valence-corrected chi connectivity index (χ4v) is 2.65. The molecule has 1 heterocycles. The van der Waals surface area contributed by atoms with Gasteiger partial charge in [-0.2, -0.15) is 0 Å². The lowest BCUT2D eigenvalue weighted by Crippen LogP contribution is -2.23. The Kier molecular flexibility index (Phi) is 6.01. The number of rotatable bonds is 6. The Morgan fingerprint density at radius 1 is 1.69 bits per heavy atom. The molecule has 0 saturated carbocycles. The summed E-state index contributed by atoms with van der Waals surface area (Å²) in [5.74, 6) is 0.514. The maximum atomic E-state index is 11.5. The zero-order valence-electron chi connectivity index (χ0n) is 9.33. The highest BCUT2D eigenvalue weighted by Gasteiger charge is 2.06. The van der Waals surface area contributed by atoms with Gasteiger partial charge in [0.1, 0.15) is 0 Å². The second-order valence-electron chi connectivity index (χ2n) is 3.85. The third-order valence-corrected chi connectivity index (χ3v) is 4.33. The maximum Gasteiger partial charge on any atom is 0.220 e. The van der Waals surface area contributed by atoms with E-state index in [4.69, 9.17) is 5.73 Å². The zero-order chi connectivity index (χ0) is 12.0. The molecule has 0 aliphatic heterocycles. The van der Waals surface area contributed by atoms with E-state index in [0.29, 0.717) is 25.4 Å². The molecule has 1 amide bonds. The first-order chi connectivity index (χ1) is 7.63. The van der Waals surface area contributed by atoms with E-state index < -0.39 is 0 Å². The van der Waals surface area contributed by atoms with Crippen molar-refractivity contribution in [2.24, 2.45) is 11.7 Å². The fraction of sp³-hybridized carbons (Fsp3) is 0.545. The van der Waals surface area contributed by atoms with E-state index in [2.05, 4.69) is 28.2 Å². The largest absolute Gasteiger partial charge is 0.351 e. The van der Waals surface area contributed by atoms with Crippen molar-refractivity contribution in [3.05, 3.63) is 20.8 Å². The monoisotopic (exact) mass is 304 g/mol. The first-order valence-electron chi connectivity index (χ1n) is 5.32.